The van der Waals surface area contributed by atoms with Crippen LogP contribution in [0.25, 0.3) is 0 Å². The van der Waals surface area contributed by atoms with E-state index in [4.69, 9.17) is 4.74 Å². The smallest absolute Gasteiger partial charge is 0.242 e. The molecule has 122 valence electrons. The van der Waals surface area contributed by atoms with Crippen molar-refractivity contribution >= 4 is 11.8 Å². The molecule has 0 bridgehead atoms. The molecule has 0 N–H and O–H groups in total. The summed E-state index contributed by atoms with van der Waals surface area (Å²) in [5.41, 5.74) is 0. The Balaban J connectivity index is 2.38. The van der Waals surface area contributed by atoms with Crippen molar-refractivity contribution in [3.63, 3.8) is 0 Å². The van der Waals surface area contributed by atoms with Crippen LogP contribution in [0.5, 0.6) is 5.75 Å². The van der Waals surface area contributed by atoms with Gasteiger partial charge in [-0.15, -0.1) is 0 Å². The van der Waals surface area contributed by atoms with Gasteiger partial charge in [-0.25, -0.2) is 4.39 Å². The summed E-state index contributed by atoms with van der Waals surface area (Å²) in [6, 6.07) is 6.04. The Kier molecular flexibility index (Phi) is 7.36. The second-order valence-electron chi connectivity index (χ2n) is 4.84. The first-order valence-corrected chi connectivity index (χ1v) is 7.38. The number of para-hydroxylation sites is 1. The van der Waals surface area contributed by atoms with Crippen molar-refractivity contribution in [2.75, 3.05) is 33.3 Å². The van der Waals surface area contributed by atoms with Crippen LogP contribution in [0.2, 0.25) is 0 Å². The molecule has 0 aromatic heterocycles. The van der Waals surface area contributed by atoms with Gasteiger partial charge in [-0.05, 0) is 26.0 Å². The zero-order valence-corrected chi connectivity index (χ0v) is 13.3. The highest BCUT2D eigenvalue weighted by Gasteiger charge is 2.16. The van der Waals surface area contributed by atoms with Gasteiger partial charge in [-0.1, -0.05) is 12.1 Å². The van der Waals surface area contributed by atoms with E-state index < -0.39 is 5.82 Å². The van der Waals surface area contributed by atoms with E-state index in [1.165, 1.54) is 17.0 Å². The summed E-state index contributed by atoms with van der Waals surface area (Å²) in [7, 11) is 1.58. The highest BCUT2D eigenvalue weighted by Crippen LogP contribution is 2.15. The van der Waals surface area contributed by atoms with Gasteiger partial charge in [0.2, 0.25) is 11.8 Å². The van der Waals surface area contributed by atoms with Crippen LogP contribution < -0.4 is 4.74 Å². The lowest BCUT2D eigenvalue weighted by atomic mass is 10.3. The first-order chi connectivity index (χ1) is 10.5. The minimum Gasteiger partial charge on any atom is -0.490 e. The number of carbonyl (C=O) groups excluding carboxylic acids is 2. The number of benzene rings is 1. The van der Waals surface area contributed by atoms with E-state index in [2.05, 4.69) is 0 Å². The van der Waals surface area contributed by atoms with Crippen molar-refractivity contribution < 1.29 is 18.7 Å². The van der Waals surface area contributed by atoms with Crippen LogP contribution in [0.4, 0.5) is 4.39 Å². The first-order valence-electron chi connectivity index (χ1n) is 7.38. The fourth-order valence-corrected chi connectivity index (χ4v) is 1.97. The molecule has 0 radical (unpaired) electrons. The second kappa shape index (κ2) is 9.02. The molecular formula is C16H23FN2O3. The number of halogens is 1. The van der Waals surface area contributed by atoms with Crippen LogP contribution in [0, 0.1) is 5.82 Å². The van der Waals surface area contributed by atoms with Crippen molar-refractivity contribution in [1.29, 1.82) is 0 Å². The van der Waals surface area contributed by atoms with Crippen LogP contribution in [0.1, 0.15) is 20.3 Å². The Morgan fingerprint density at radius 3 is 2.36 bits per heavy atom. The molecule has 0 unspecified atom stereocenters. The zero-order valence-electron chi connectivity index (χ0n) is 13.3. The summed E-state index contributed by atoms with van der Waals surface area (Å²) in [5, 5.41) is 0. The molecule has 6 heteroatoms. The lowest BCUT2D eigenvalue weighted by molar-refractivity contribution is -0.139. The standard InChI is InChI=1S/C16H23FN2O3/c1-4-19(5-2)16(21)12-18(3)15(20)10-11-22-14-9-7-6-8-13(14)17/h6-9H,4-5,10-12H2,1-3H3. The van der Waals surface area contributed by atoms with Gasteiger partial charge in [-0.3, -0.25) is 9.59 Å². The third-order valence-corrected chi connectivity index (χ3v) is 3.32. The van der Waals surface area contributed by atoms with E-state index in [9.17, 15) is 14.0 Å². The predicted molar refractivity (Wildman–Crippen MR) is 82.1 cm³/mol. The fourth-order valence-electron chi connectivity index (χ4n) is 1.97. The Morgan fingerprint density at radius 2 is 1.77 bits per heavy atom. The molecule has 0 saturated heterocycles. The van der Waals surface area contributed by atoms with E-state index >= 15 is 0 Å². The van der Waals surface area contributed by atoms with Crippen LogP contribution in [-0.4, -0.2) is 54.9 Å². The van der Waals surface area contributed by atoms with Crippen molar-refractivity contribution in [3.8, 4) is 5.75 Å². The third-order valence-electron chi connectivity index (χ3n) is 3.32. The number of rotatable bonds is 8. The van der Waals surface area contributed by atoms with Crippen LogP contribution >= 0.6 is 0 Å². The van der Waals surface area contributed by atoms with Gasteiger partial charge in [-0.2, -0.15) is 0 Å². The molecule has 5 nitrogen and oxygen atoms in total. The van der Waals surface area contributed by atoms with Crippen molar-refractivity contribution in [2.45, 2.75) is 20.3 Å². The van der Waals surface area contributed by atoms with E-state index in [1.807, 2.05) is 13.8 Å². The van der Waals surface area contributed by atoms with Gasteiger partial charge in [0.15, 0.2) is 11.6 Å². The predicted octanol–water partition coefficient (Wildman–Crippen LogP) is 1.92. The Hall–Kier alpha value is -2.11. The fraction of sp³-hybridized carbons (Fsp3) is 0.500. The number of amides is 2. The van der Waals surface area contributed by atoms with Gasteiger partial charge in [0, 0.05) is 20.1 Å². The highest BCUT2D eigenvalue weighted by atomic mass is 19.1. The Morgan fingerprint density at radius 1 is 1.14 bits per heavy atom. The van der Waals surface area contributed by atoms with Crippen LogP contribution in [0.3, 0.4) is 0 Å². The maximum absolute atomic E-state index is 13.3. The quantitative estimate of drug-likeness (QED) is 0.737. The molecule has 22 heavy (non-hydrogen) atoms. The van der Waals surface area contributed by atoms with Crippen molar-refractivity contribution in [2.24, 2.45) is 0 Å². The molecule has 1 rings (SSSR count). The summed E-state index contributed by atoms with van der Waals surface area (Å²) in [4.78, 5) is 26.9. The summed E-state index contributed by atoms with van der Waals surface area (Å²) in [5.74, 6) is -0.634. The molecule has 1 aromatic rings. The average molecular weight is 310 g/mol. The second-order valence-corrected chi connectivity index (χ2v) is 4.84. The summed E-state index contributed by atoms with van der Waals surface area (Å²) in [6.45, 7) is 5.14. The number of likely N-dealkylation sites (N-methyl/N-ethyl adjacent to an activating group) is 2. The number of ether oxygens (including phenoxy) is 1. The minimum absolute atomic E-state index is 0.0419. The molecule has 0 aliphatic carbocycles. The van der Waals surface area contributed by atoms with E-state index in [-0.39, 0.29) is 37.1 Å². The highest BCUT2D eigenvalue weighted by molar-refractivity contribution is 5.84. The zero-order chi connectivity index (χ0) is 16.5. The number of nitrogens with zero attached hydrogens (tertiary/aromatic N) is 2. The van der Waals surface area contributed by atoms with Gasteiger partial charge >= 0.3 is 0 Å². The number of hydrogen-bond acceptors (Lipinski definition) is 3. The molecule has 0 spiro atoms. The normalized spacial score (nSPS) is 10.2. The number of hydrogen-bond donors (Lipinski definition) is 0. The Bertz CT molecular complexity index is 504. The van der Waals surface area contributed by atoms with E-state index in [1.54, 1.807) is 24.1 Å². The van der Waals surface area contributed by atoms with Crippen LogP contribution in [-0.2, 0) is 9.59 Å². The monoisotopic (exact) mass is 310 g/mol. The van der Waals surface area contributed by atoms with Gasteiger partial charge in [0.05, 0.1) is 19.6 Å². The molecule has 2 amide bonds. The molecule has 0 aliphatic rings. The SMILES string of the molecule is CCN(CC)C(=O)CN(C)C(=O)CCOc1ccccc1F. The van der Waals surface area contributed by atoms with E-state index in [0.29, 0.717) is 13.1 Å². The largest absolute Gasteiger partial charge is 0.490 e. The van der Waals surface area contributed by atoms with Gasteiger partial charge < -0.3 is 14.5 Å². The molecule has 0 atom stereocenters. The first kappa shape index (κ1) is 17.9. The van der Waals surface area contributed by atoms with Crippen molar-refractivity contribution in [1.82, 2.24) is 9.80 Å². The topological polar surface area (TPSA) is 49.9 Å². The van der Waals surface area contributed by atoms with Crippen molar-refractivity contribution in [3.05, 3.63) is 30.1 Å². The van der Waals surface area contributed by atoms with E-state index in [0.717, 1.165) is 0 Å². The van der Waals surface area contributed by atoms with Gasteiger partial charge in [0.1, 0.15) is 0 Å². The molecule has 0 fully saturated rings. The Labute approximate surface area is 130 Å². The summed E-state index contributed by atoms with van der Waals surface area (Å²) >= 11 is 0. The molecular weight excluding hydrogens is 287 g/mol. The average Bonchev–Trinajstić information content (AvgIpc) is 2.50. The molecule has 0 heterocycles. The lowest BCUT2D eigenvalue weighted by Gasteiger charge is -2.23. The summed E-state index contributed by atoms with van der Waals surface area (Å²) < 4.78 is 18.6. The lowest BCUT2D eigenvalue weighted by Crippen LogP contribution is -2.41. The minimum atomic E-state index is -0.458. The maximum atomic E-state index is 13.3. The molecule has 1 aromatic carbocycles. The molecule has 0 aliphatic heterocycles. The molecule has 0 saturated carbocycles. The van der Waals surface area contributed by atoms with Gasteiger partial charge in [0.25, 0.3) is 0 Å². The summed E-state index contributed by atoms with van der Waals surface area (Å²) in [6.07, 6.45) is 0.0936. The third kappa shape index (κ3) is 5.35. The number of carbonyl (C=O) groups is 2. The maximum Gasteiger partial charge on any atom is 0.242 e. The van der Waals surface area contributed by atoms with Crippen LogP contribution in [0.15, 0.2) is 24.3 Å².